The summed E-state index contributed by atoms with van der Waals surface area (Å²) in [5.74, 6) is -0.163. The van der Waals surface area contributed by atoms with Crippen molar-refractivity contribution in [1.82, 2.24) is 5.32 Å². The standard InChI is InChI=1S/C19H25NO3S2/c1-13-8-9-15(11-14(13)2)25(22,23)17(16-7-6-10-24-16)12-20-18(21)19(3,4)5/h6-11,17H,12H2,1-5H3,(H,20,21)/t17-/m0/s1. The second-order valence-corrected chi connectivity index (χ2v) is 10.4. The topological polar surface area (TPSA) is 63.2 Å². The van der Waals surface area contributed by atoms with Gasteiger partial charge in [-0.05, 0) is 48.6 Å². The highest BCUT2D eigenvalue weighted by Gasteiger charge is 2.32. The van der Waals surface area contributed by atoms with Crippen LogP contribution in [0.2, 0.25) is 0 Å². The van der Waals surface area contributed by atoms with E-state index in [1.807, 2.05) is 31.4 Å². The lowest BCUT2D eigenvalue weighted by Crippen LogP contribution is -2.38. The van der Waals surface area contributed by atoms with E-state index in [1.54, 1.807) is 39.0 Å². The number of nitrogens with one attached hydrogen (secondary N) is 1. The molecule has 0 unspecified atom stereocenters. The van der Waals surface area contributed by atoms with Crippen LogP contribution >= 0.6 is 11.3 Å². The summed E-state index contributed by atoms with van der Waals surface area (Å²) in [5.41, 5.74) is 1.42. The van der Waals surface area contributed by atoms with Crippen molar-refractivity contribution in [1.29, 1.82) is 0 Å². The molecule has 0 saturated carbocycles. The average molecular weight is 380 g/mol. The lowest BCUT2D eigenvalue weighted by atomic mass is 9.96. The minimum atomic E-state index is -3.61. The van der Waals surface area contributed by atoms with Gasteiger partial charge in [-0.15, -0.1) is 11.3 Å². The van der Waals surface area contributed by atoms with Gasteiger partial charge < -0.3 is 5.32 Å². The van der Waals surface area contributed by atoms with Crippen molar-refractivity contribution in [2.75, 3.05) is 6.54 Å². The van der Waals surface area contributed by atoms with Gasteiger partial charge in [0.05, 0.1) is 4.90 Å². The first-order valence-corrected chi connectivity index (χ1v) is 10.6. The molecule has 1 N–H and O–H groups in total. The molecule has 6 heteroatoms. The van der Waals surface area contributed by atoms with Gasteiger partial charge in [0.15, 0.2) is 9.84 Å². The number of amides is 1. The van der Waals surface area contributed by atoms with E-state index in [2.05, 4.69) is 5.32 Å². The number of aryl methyl sites for hydroxylation is 2. The predicted molar refractivity (Wildman–Crippen MR) is 103 cm³/mol. The highest BCUT2D eigenvalue weighted by molar-refractivity contribution is 7.91. The van der Waals surface area contributed by atoms with Gasteiger partial charge in [-0.3, -0.25) is 4.79 Å². The van der Waals surface area contributed by atoms with Crippen molar-refractivity contribution in [2.45, 2.75) is 44.8 Å². The number of thiophene rings is 1. The quantitative estimate of drug-likeness (QED) is 0.853. The van der Waals surface area contributed by atoms with Crippen molar-refractivity contribution < 1.29 is 13.2 Å². The molecule has 0 radical (unpaired) electrons. The Balaban J connectivity index is 2.38. The third kappa shape index (κ3) is 4.50. The minimum absolute atomic E-state index is 0.0614. The Morgan fingerprint density at radius 1 is 1.16 bits per heavy atom. The number of hydrogen-bond donors (Lipinski definition) is 1. The molecule has 0 aliphatic rings. The summed E-state index contributed by atoms with van der Waals surface area (Å²) in [7, 11) is -3.61. The van der Waals surface area contributed by atoms with Crippen molar-refractivity contribution in [3.05, 3.63) is 51.7 Å². The zero-order valence-electron chi connectivity index (χ0n) is 15.3. The SMILES string of the molecule is Cc1ccc(S(=O)(=O)[C@@H](CNC(=O)C(C)(C)C)c2cccs2)cc1C. The fourth-order valence-corrected chi connectivity index (χ4v) is 5.21. The van der Waals surface area contributed by atoms with Crippen LogP contribution in [-0.2, 0) is 14.6 Å². The number of rotatable bonds is 5. The highest BCUT2D eigenvalue weighted by atomic mass is 32.2. The molecule has 1 atom stereocenters. The Hall–Kier alpha value is -1.66. The summed E-state index contributed by atoms with van der Waals surface area (Å²) in [6.45, 7) is 9.33. The van der Waals surface area contributed by atoms with E-state index in [0.717, 1.165) is 16.0 Å². The molecular weight excluding hydrogens is 354 g/mol. The smallest absolute Gasteiger partial charge is 0.225 e. The molecule has 0 saturated heterocycles. The maximum atomic E-state index is 13.2. The number of carbonyl (C=O) groups excluding carboxylic acids is 1. The Kier molecular flexibility index (Phi) is 5.74. The predicted octanol–water partition coefficient (Wildman–Crippen LogP) is 4.04. The first-order chi connectivity index (χ1) is 11.5. The van der Waals surface area contributed by atoms with Crippen LogP contribution in [0.4, 0.5) is 0 Å². The second kappa shape index (κ2) is 7.30. The molecule has 136 valence electrons. The third-order valence-electron chi connectivity index (χ3n) is 4.17. The summed E-state index contributed by atoms with van der Waals surface area (Å²) in [6.07, 6.45) is 0. The van der Waals surface area contributed by atoms with Crippen LogP contribution in [0.5, 0.6) is 0 Å². The molecule has 0 aliphatic heterocycles. The summed E-state index contributed by atoms with van der Waals surface area (Å²) in [6, 6.07) is 8.80. The van der Waals surface area contributed by atoms with Crippen molar-refractivity contribution in [3.63, 3.8) is 0 Å². The van der Waals surface area contributed by atoms with Gasteiger partial charge in [-0.2, -0.15) is 0 Å². The largest absolute Gasteiger partial charge is 0.354 e. The van der Waals surface area contributed by atoms with Crippen LogP contribution in [0, 0.1) is 19.3 Å². The number of hydrogen-bond acceptors (Lipinski definition) is 4. The van der Waals surface area contributed by atoms with E-state index in [4.69, 9.17) is 0 Å². The monoisotopic (exact) mass is 379 g/mol. The zero-order valence-corrected chi connectivity index (χ0v) is 16.9. The first kappa shape index (κ1) is 19.7. The van der Waals surface area contributed by atoms with E-state index in [-0.39, 0.29) is 12.5 Å². The normalized spacial score (nSPS) is 13.5. The van der Waals surface area contributed by atoms with E-state index in [1.165, 1.54) is 11.3 Å². The summed E-state index contributed by atoms with van der Waals surface area (Å²) in [4.78, 5) is 13.2. The van der Waals surface area contributed by atoms with Crippen LogP contribution in [0.25, 0.3) is 0 Å². The molecule has 1 heterocycles. The fourth-order valence-electron chi connectivity index (χ4n) is 2.34. The molecule has 0 bridgehead atoms. The van der Waals surface area contributed by atoms with E-state index < -0.39 is 20.5 Å². The van der Waals surface area contributed by atoms with Crippen LogP contribution in [-0.4, -0.2) is 20.9 Å². The van der Waals surface area contributed by atoms with Crippen molar-refractivity contribution >= 4 is 27.1 Å². The molecule has 25 heavy (non-hydrogen) atoms. The molecular formula is C19H25NO3S2. The van der Waals surface area contributed by atoms with Gasteiger partial charge in [-0.25, -0.2) is 8.42 Å². The Labute approximate surface area is 154 Å². The van der Waals surface area contributed by atoms with Gasteiger partial charge in [0.2, 0.25) is 5.91 Å². The lowest BCUT2D eigenvalue weighted by molar-refractivity contribution is -0.128. The molecule has 1 amide bonds. The summed E-state index contributed by atoms with van der Waals surface area (Å²) in [5, 5.41) is 3.86. The fraction of sp³-hybridized carbons (Fsp3) is 0.421. The Bertz CT molecular complexity index is 847. The molecule has 0 fully saturated rings. The maximum absolute atomic E-state index is 13.2. The summed E-state index contributed by atoms with van der Waals surface area (Å²) < 4.78 is 26.4. The van der Waals surface area contributed by atoms with Gasteiger partial charge in [0.25, 0.3) is 0 Å². The zero-order chi connectivity index (χ0) is 18.8. The molecule has 1 aromatic heterocycles. The number of benzene rings is 1. The number of carbonyl (C=O) groups is 1. The van der Waals surface area contributed by atoms with E-state index in [9.17, 15) is 13.2 Å². The Morgan fingerprint density at radius 2 is 1.84 bits per heavy atom. The maximum Gasteiger partial charge on any atom is 0.225 e. The van der Waals surface area contributed by atoms with Crippen molar-refractivity contribution in [3.8, 4) is 0 Å². The number of sulfone groups is 1. The third-order valence-corrected chi connectivity index (χ3v) is 7.39. The minimum Gasteiger partial charge on any atom is -0.354 e. The second-order valence-electron chi connectivity index (χ2n) is 7.26. The van der Waals surface area contributed by atoms with Gasteiger partial charge >= 0.3 is 0 Å². The Morgan fingerprint density at radius 3 is 2.36 bits per heavy atom. The first-order valence-electron chi connectivity index (χ1n) is 8.16. The molecule has 1 aromatic carbocycles. The van der Waals surface area contributed by atoms with Crippen LogP contribution in [0.3, 0.4) is 0 Å². The van der Waals surface area contributed by atoms with Gasteiger partial charge in [-0.1, -0.05) is 32.9 Å². The lowest BCUT2D eigenvalue weighted by Gasteiger charge is -2.22. The summed E-state index contributed by atoms with van der Waals surface area (Å²) >= 11 is 1.39. The molecule has 4 nitrogen and oxygen atoms in total. The van der Waals surface area contributed by atoms with Crippen molar-refractivity contribution in [2.24, 2.45) is 5.41 Å². The van der Waals surface area contributed by atoms with E-state index in [0.29, 0.717) is 4.90 Å². The average Bonchev–Trinajstić information content (AvgIpc) is 3.02. The van der Waals surface area contributed by atoms with Crippen LogP contribution in [0.15, 0.2) is 40.6 Å². The molecule has 2 rings (SSSR count). The highest BCUT2D eigenvalue weighted by Crippen LogP contribution is 2.32. The van der Waals surface area contributed by atoms with Crippen LogP contribution in [0.1, 0.15) is 42.0 Å². The van der Waals surface area contributed by atoms with E-state index >= 15 is 0 Å². The molecule has 2 aromatic rings. The molecule has 0 spiro atoms. The van der Waals surface area contributed by atoms with Crippen LogP contribution < -0.4 is 5.32 Å². The van der Waals surface area contributed by atoms with Gasteiger partial charge in [0, 0.05) is 16.8 Å². The van der Waals surface area contributed by atoms with Gasteiger partial charge in [0.1, 0.15) is 5.25 Å². The molecule has 0 aliphatic carbocycles.